The summed E-state index contributed by atoms with van der Waals surface area (Å²) in [5.41, 5.74) is 7.83. The van der Waals surface area contributed by atoms with Gasteiger partial charge in [0.05, 0.1) is 86.2 Å². The van der Waals surface area contributed by atoms with Gasteiger partial charge in [-0.25, -0.2) is 38.7 Å². The molecule has 12 rings (SSSR count). The van der Waals surface area contributed by atoms with Crippen molar-refractivity contribution < 1.29 is 43.5 Å². The van der Waals surface area contributed by atoms with Crippen LogP contribution in [0.5, 0.6) is 11.5 Å². The number of carbonyl (C=O) groups excluding carboxylic acids is 3. The molecule has 1 atom stereocenters. The lowest BCUT2D eigenvalue weighted by molar-refractivity contribution is 0.0681. The summed E-state index contributed by atoms with van der Waals surface area (Å²) < 4.78 is 51.5. The Bertz CT molecular complexity index is 4530. The standard InChI is InChI=1S/C30H31FN4O2.C27H31FN4O3.C25H27ClN4O2.H2/c1-20(2)35(19-22-11-10-14-24(17-22)37-4)29(36)26-18-32-30(33-21(3)23-12-6-5-7-13-23)34-28(26)25-15-8-9-16-27(25)31;1-18(2)32(17-20-8-7-9-21(16-20)34-4)26(33)24-19(3)29-27(31-12-14-35-15-13-31)30-25(24)22-10-5-6-11-23(22)28;1-18(2)30(17-19-8-4-3-5-9-19)24(31)21-16-27-25(29-12-14-32-15-13-29)28-23(21)20-10-6-7-11-22(20)26;/h5-18,20-21H,19H2,1-4H3,(H,32,33,34);5-11,16,18H,12-15,17H2,1-4H3;3-11,16,18H,12-15,17H2,1-2H3;1H. The number of ether oxygens (including phenoxy) is 4. The highest BCUT2D eigenvalue weighted by Gasteiger charge is 2.32. The molecule has 0 aliphatic carbocycles. The van der Waals surface area contributed by atoms with Gasteiger partial charge in [-0.05, 0) is 132 Å². The first-order chi connectivity index (χ1) is 50.3. The van der Waals surface area contributed by atoms with E-state index in [-0.39, 0.29) is 65.7 Å². The largest absolute Gasteiger partial charge is 0.497 e. The molecule has 0 spiro atoms. The smallest absolute Gasteiger partial charge is 0.258 e. The molecule has 7 aromatic carbocycles. The molecule has 0 saturated carbocycles. The summed E-state index contributed by atoms with van der Waals surface area (Å²) in [6.07, 6.45) is 3.12. The van der Waals surface area contributed by atoms with Gasteiger partial charge in [0.25, 0.3) is 17.7 Å². The zero-order valence-corrected chi connectivity index (χ0v) is 61.2. The van der Waals surface area contributed by atoms with E-state index in [2.05, 4.69) is 30.2 Å². The summed E-state index contributed by atoms with van der Waals surface area (Å²) in [6.45, 7) is 21.9. The van der Waals surface area contributed by atoms with E-state index in [1.165, 1.54) is 18.3 Å². The molecule has 0 radical (unpaired) electrons. The lowest BCUT2D eigenvalue weighted by Gasteiger charge is -2.30. The monoisotopic (exact) mass is 1430 g/mol. The molecule has 5 heterocycles. The summed E-state index contributed by atoms with van der Waals surface area (Å²) in [5.74, 6) is 1.28. The van der Waals surface area contributed by atoms with Crippen LogP contribution in [0.2, 0.25) is 5.02 Å². The van der Waals surface area contributed by atoms with Crippen molar-refractivity contribution >= 4 is 47.2 Å². The van der Waals surface area contributed by atoms with Crippen molar-refractivity contribution in [2.45, 2.75) is 99.2 Å². The Morgan fingerprint density at radius 2 is 0.923 bits per heavy atom. The molecule has 3 amide bonds. The van der Waals surface area contributed by atoms with Gasteiger partial charge in [0, 0.05) is 99.5 Å². The molecule has 3 aromatic heterocycles. The maximum absolute atomic E-state index is 15.0. The van der Waals surface area contributed by atoms with E-state index in [4.69, 9.17) is 40.5 Å². The summed E-state index contributed by atoms with van der Waals surface area (Å²) >= 11 is 6.53. The van der Waals surface area contributed by atoms with Crippen molar-refractivity contribution in [1.29, 1.82) is 0 Å². The number of hydrogen-bond donors (Lipinski definition) is 1. The van der Waals surface area contributed by atoms with Gasteiger partial charge >= 0.3 is 0 Å². The molecule has 0 bridgehead atoms. The van der Waals surface area contributed by atoms with Crippen LogP contribution in [-0.4, -0.2) is 147 Å². The predicted molar refractivity (Wildman–Crippen MR) is 406 cm³/mol. The number of carbonyl (C=O) groups is 3. The number of anilines is 3. The van der Waals surface area contributed by atoms with Gasteiger partial charge in [-0.2, -0.15) is 0 Å². The van der Waals surface area contributed by atoms with Gasteiger partial charge in [-0.15, -0.1) is 0 Å². The number of nitrogens with one attached hydrogen (secondary N) is 1. The van der Waals surface area contributed by atoms with Crippen molar-refractivity contribution in [3.8, 4) is 45.3 Å². The van der Waals surface area contributed by atoms with E-state index >= 15 is 0 Å². The molecule has 2 saturated heterocycles. The van der Waals surface area contributed by atoms with E-state index in [1.807, 2.05) is 192 Å². The zero-order chi connectivity index (χ0) is 73.8. The fourth-order valence-corrected chi connectivity index (χ4v) is 12.2. The highest BCUT2D eigenvalue weighted by Crippen LogP contribution is 2.35. The van der Waals surface area contributed by atoms with Gasteiger partial charge in [-0.1, -0.05) is 139 Å². The second kappa shape index (κ2) is 36.4. The third-order valence-corrected chi connectivity index (χ3v) is 18.1. The molecule has 22 heteroatoms. The van der Waals surface area contributed by atoms with Crippen LogP contribution in [0.3, 0.4) is 0 Å². The summed E-state index contributed by atoms with van der Waals surface area (Å²) in [6, 6.07) is 55.0. The number of morpholine rings is 2. The highest BCUT2D eigenvalue weighted by atomic mass is 35.5. The molecular formula is C82H91ClF2N12O7. The van der Waals surface area contributed by atoms with Gasteiger partial charge in [0.1, 0.15) is 23.1 Å². The van der Waals surface area contributed by atoms with Crippen LogP contribution < -0.4 is 24.6 Å². The molecule has 2 fully saturated rings. The predicted octanol–water partition coefficient (Wildman–Crippen LogP) is 15.9. The number of benzene rings is 7. The molecule has 1 unspecified atom stereocenters. The first-order valence-electron chi connectivity index (χ1n) is 34.9. The van der Waals surface area contributed by atoms with Crippen LogP contribution in [-0.2, 0) is 29.1 Å². The Morgan fingerprint density at radius 3 is 1.43 bits per heavy atom. The molecule has 10 aromatic rings. The van der Waals surface area contributed by atoms with Crippen LogP contribution in [0.4, 0.5) is 26.6 Å². The minimum atomic E-state index is -0.457. The van der Waals surface area contributed by atoms with Crippen LogP contribution in [0.1, 0.15) is 115 Å². The van der Waals surface area contributed by atoms with E-state index < -0.39 is 11.6 Å². The molecule has 542 valence electrons. The van der Waals surface area contributed by atoms with Crippen molar-refractivity contribution in [3.63, 3.8) is 0 Å². The minimum absolute atomic E-state index is 0. The lowest BCUT2D eigenvalue weighted by atomic mass is 10.0. The molecular weight excluding hydrogens is 1340 g/mol. The second-order valence-corrected chi connectivity index (χ2v) is 26.3. The molecule has 2 aliphatic rings. The number of rotatable bonds is 22. The van der Waals surface area contributed by atoms with Crippen molar-refractivity contribution in [1.82, 2.24) is 44.6 Å². The number of hydrogen-bond acceptors (Lipinski definition) is 16. The second-order valence-electron chi connectivity index (χ2n) is 25.9. The quantitative estimate of drug-likeness (QED) is 0.0673. The Morgan fingerprint density at radius 1 is 0.500 bits per heavy atom. The van der Waals surface area contributed by atoms with Crippen molar-refractivity contribution in [2.24, 2.45) is 0 Å². The number of nitrogens with zero attached hydrogens (tertiary/aromatic N) is 11. The minimum Gasteiger partial charge on any atom is -0.497 e. The first kappa shape index (κ1) is 75.9. The van der Waals surface area contributed by atoms with E-state index in [9.17, 15) is 23.2 Å². The van der Waals surface area contributed by atoms with Gasteiger partial charge in [0.15, 0.2) is 0 Å². The molecule has 2 aliphatic heterocycles. The first-order valence-corrected chi connectivity index (χ1v) is 35.2. The van der Waals surface area contributed by atoms with Gasteiger partial charge in [0.2, 0.25) is 17.8 Å². The Labute approximate surface area is 614 Å². The third-order valence-electron chi connectivity index (χ3n) is 17.8. The van der Waals surface area contributed by atoms with Crippen LogP contribution in [0.25, 0.3) is 33.8 Å². The van der Waals surface area contributed by atoms with Crippen molar-refractivity contribution in [3.05, 3.63) is 256 Å². The molecule has 1 N–H and O–H groups in total. The number of amides is 3. The third kappa shape index (κ3) is 19.3. The molecule has 19 nitrogen and oxygen atoms in total. The maximum atomic E-state index is 15.0. The SMILES string of the molecule is CC(C)N(Cc1ccccc1)C(=O)c1cnc(N2CCOCC2)nc1-c1ccccc1Cl.COc1cccc(CN(C(=O)c2c(C)nc(N3CCOCC3)nc2-c2ccccc2F)C(C)C)c1.COc1cccc(CN(C(=O)c2cnc(NC(C)c3ccccc3)nc2-c2ccccc2F)C(C)C)c1.[HH]. The van der Waals surface area contributed by atoms with Gasteiger partial charge in [-0.3, -0.25) is 14.4 Å². The number of aryl methyl sites for hydroxylation is 1. The van der Waals surface area contributed by atoms with E-state index in [0.717, 1.165) is 33.6 Å². The number of aromatic nitrogens is 6. The van der Waals surface area contributed by atoms with Gasteiger partial charge < -0.3 is 48.8 Å². The number of methoxy groups -OCH3 is 2. The molecule has 104 heavy (non-hydrogen) atoms. The maximum Gasteiger partial charge on any atom is 0.258 e. The summed E-state index contributed by atoms with van der Waals surface area (Å²) in [4.78, 5) is 78.9. The number of halogens is 3. The average Bonchev–Trinajstić information content (AvgIpc) is 0.781. The van der Waals surface area contributed by atoms with Crippen molar-refractivity contribution in [2.75, 3.05) is 81.9 Å². The average molecular weight is 1430 g/mol. The van der Waals surface area contributed by atoms with Crippen LogP contribution in [0, 0.1) is 18.6 Å². The summed E-state index contributed by atoms with van der Waals surface area (Å²) in [5, 5.41) is 3.82. The van der Waals surface area contributed by atoms with E-state index in [0.29, 0.717) is 129 Å². The Kier molecular flexibility index (Phi) is 26.6. The fraction of sp³-hybridized carbons (Fsp3) is 0.305. The topological polar surface area (TPSA) is 194 Å². The van der Waals surface area contributed by atoms with Crippen LogP contribution >= 0.6 is 11.6 Å². The Balaban J connectivity index is 0.000000182. The normalized spacial score (nSPS) is 13.1. The van der Waals surface area contributed by atoms with Crippen LogP contribution in [0.15, 0.2) is 194 Å². The van der Waals surface area contributed by atoms with E-state index in [1.54, 1.807) is 73.5 Å². The lowest BCUT2D eigenvalue weighted by Crippen LogP contribution is -2.39. The Hall–Kier alpha value is -10.7. The highest BCUT2D eigenvalue weighted by molar-refractivity contribution is 6.33. The zero-order valence-electron chi connectivity index (χ0n) is 60.5. The summed E-state index contributed by atoms with van der Waals surface area (Å²) in [7, 11) is 3.22. The fourth-order valence-electron chi connectivity index (χ4n) is 12.0.